The van der Waals surface area contributed by atoms with Gasteiger partial charge < -0.3 is 15.1 Å². The lowest BCUT2D eigenvalue weighted by atomic mass is 10.1. The second-order valence-electron chi connectivity index (χ2n) is 6.49. The molecule has 2 N–H and O–H groups in total. The molecule has 1 aromatic carbocycles. The molecular weight excluding hydrogens is 334 g/mol. The predicted octanol–water partition coefficient (Wildman–Crippen LogP) is 0.714. The molecule has 1 saturated heterocycles. The molecule has 0 atom stereocenters. The number of nitrogens with one attached hydrogen (secondary N) is 2. The summed E-state index contributed by atoms with van der Waals surface area (Å²) in [4.78, 5) is 27.8. The number of nitrogens with zero attached hydrogens (tertiary/aromatic N) is 1. The van der Waals surface area contributed by atoms with Gasteiger partial charge in [-0.3, -0.25) is 9.59 Å². The Hall–Kier alpha value is -2.18. The van der Waals surface area contributed by atoms with E-state index in [0.717, 1.165) is 38.3 Å². The molecule has 132 valence electrons. The highest BCUT2D eigenvalue weighted by Crippen LogP contribution is 2.05. The molecule has 1 aliphatic rings. The van der Waals surface area contributed by atoms with Crippen LogP contribution in [0.2, 0.25) is 0 Å². The maximum absolute atomic E-state index is 12.3. The molecule has 0 radical (unpaired) electrons. The summed E-state index contributed by atoms with van der Waals surface area (Å²) < 4.78 is 0. The van der Waals surface area contributed by atoms with Gasteiger partial charge in [-0.2, -0.15) is 11.3 Å². The maximum Gasteiger partial charge on any atom is 0.251 e. The Labute approximate surface area is 152 Å². The minimum absolute atomic E-state index is 0.00409. The molecule has 0 bridgehead atoms. The van der Waals surface area contributed by atoms with Crippen molar-refractivity contribution in [2.75, 3.05) is 32.7 Å². The maximum atomic E-state index is 12.3. The molecule has 1 fully saturated rings. The number of piperazine rings is 1. The van der Waals surface area contributed by atoms with Gasteiger partial charge in [0.05, 0.1) is 32.7 Å². The second-order valence-corrected chi connectivity index (χ2v) is 7.27. The van der Waals surface area contributed by atoms with Gasteiger partial charge in [0.2, 0.25) is 5.91 Å². The first kappa shape index (κ1) is 17.6. The SMILES string of the molecule is Cc1cccc(C(=O)NCC(=O)N2CC[NH+](Cc3ccsc3)CC2)c1. The number of carbonyl (C=O) groups is 2. The summed E-state index contributed by atoms with van der Waals surface area (Å²) in [6.07, 6.45) is 0. The van der Waals surface area contributed by atoms with Crippen LogP contribution in [0.5, 0.6) is 0 Å². The van der Waals surface area contributed by atoms with E-state index >= 15 is 0 Å². The number of hydrogen-bond donors (Lipinski definition) is 2. The Morgan fingerprint density at radius 1 is 1.24 bits per heavy atom. The summed E-state index contributed by atoms with van der Waals surface area (Å²) in [5.41, 5.74) is 2.99. The average Bonchev–Trinajstić information content (AvgIpc) is 3.13. The number of carbonyl (C=O) groups excluding carboxylic acids is 2. The number of thiophene rings is 1. The van der Waals surface area contributed by atoms with Gasteiger partial charge in [0.25, 0.3) is 5.91 Å². The fourth-order valence-corrected chi connectivity index (χ4v) is 3.76. The van der Waals surface area contributed by atoms with Crippen LogP contribution in [0.4, 0.5) is 0 Å². The lowest BCUT2D eigenvalue weighted by Gasteiger charge is -2.32. The zero-order valence-electron chi connectivity index (χ0n) is 14.5. The predicted molar refractivity (Wildman–Crippen MR) is 98.8 cm³/mol. The highest BCUT2D eigenvalue weighted by molar-refractivity contribution is 7.07. The molecule has 2 aromatic rings. The number of amides is 2. The average molecular weight is 358 g/mol. The van der Waals surface area contributed by atoms with Gasteiger partial charge in [-0.15, -0.1) is 0 Å². The van der Waals surface area contributed by atoms with E-state index in [-0.39, 0.29) is 18.4 Å². The first-order chi connectivity index (χ1) is 12.1. The Bertz CT molecular complexity index is 722. The summed E-state index contributed by atoms with van der Waals surface area (Å²) in [5.74, 6) is -0.200. The molecule has 2 heterocycles. The van der Waals surface area contributed by atoms with Crippen molar-refractivity contribution >= 4 is 23.2 Å². The van der Waals surface area contributed by atoms with E-state index in [1.807, 2.05) is 30.0 Å². The van der Waals surface area contributed by atoms with Crippen LogP contribution in [-0.2, 0) is 11.3 Å². The zero-order chi connectivity index (χ0) is 17.6. The zero-order valence-corrected chi connectivity index (χ0v) is 15.3. The van der Waals surface area contributed by atoms with Crippen molar-refractivity contribution in [1.82, 2.24) is 10.2 Å². The summed E-state index contributed by atoms with van der Waals surface area (Å²) >= 11 is 1.72. The Balaban J connectivity index is 1.42. The number of rotatable bonds is 5. The van der Waals surface area contributed by atoms with Crippen molar-refractivity contribution in [1.29, 1.82) is 0 Å². The third kappa shape index (κ3) is 4.90. The molecule has 0 spiro atoms. The number of aryl methyl sites for hydroxylation is 1. The Morgan fingerprint density at radius 3 is 2.72 bits per heavy atom. The molecule has 6 heteroatoms. The standard InChI is InChI=1S/C19H23N3O2S/c1-15-3-2-4-17(11-15)19(24)20-12-18(23)22-8-6-21(7-9-22)13-16-5-10-25-14-16/h2-5,10-11,14H,6-9,12-13H2,1H3,(H,20,24)/p+1. The van der Waals surface area contributed by atoms with E-state index in [9.17, 15) is 9.59 Å². The van der Waals surface area contributed by atoms with Gasteiger partial charge in [0.15, 0.2) is 0 Å². The lowest BCUT2D eigenvalue weighted by Crippen LogP contribution is -3.13. The van der Waals surface area contributed by atoms with Gasteiger partial charge in [-0.1, -0.05) is 17.7 Å². The van der Waals surface area contributed by atoms with Crippen LogP contribution in [0.3, 0.4) is 0 Å². The van der Waals surface area contributed by atoms with Crippen LogP contribution >= 0.6 is 11.3 Å². The number of quaternary nitrogens is 1. The van der Waals surface area contributed by atoms with Crippen molar-refractivity contribution in [2.24, 2.45) is 0 Å². The minimum atomic E-state index is -0.196. The number of hydrogen-bond acceptors (Lipinski definition) is 3. The molecule has 5 nitrogen and oxygen atoms in total. The monoisotopic (exact) mass is 358 g/mol. The molecular formula is C19H24N3O2S+. The van der Waals surface area contributed by atoms with Crippen LogP contribution in [0.15, 0.2) is 41.1 Å². The summed E-state index contributed by atoms with van der Waals surface area (Å²) in [5, 5.41) is 7.02. The van der Waals surface area contributed by atoms with Crippen LogP contribution in [-0.4, -0.2) is 49.4 Å². The quantitative estimate of drug-likeness (QED) is 0.827. The lowest BCUT2D eigenvalue weighted by molar-refractivity contribution is -0.917. The van der Waals surface area contributed by atoms with E-state index in [1.165, 1.54) is 10.5 Å². The van der Waals surface area contributed by atoms with Crippen molar-refractivity contribution in [2.45, 2.75) is 13.5 Å². The molecule has 2 amide bonds. The van der Waals surface area contributed by atoms with Crippen LogP contribution in [0.1, 0.15) is 21.5 Å². The topological polar surface area (TPSA) is 53.9 Å². The van der Waals surface area contributed by atoms with Crippen LogP contribution in [0, 0.1) is 6.92 Å². The van der Waals surface area contributed by atoms with Crippen molar-refractivity contribution in [3.05, 3.63) is 57.8 Å². The highest BCUT2D eigenvalue weighted by Gasteiger charge is 2.24. The van der Waals surface area contributed by atoms with Crippen LogP contribution < -0.4 is 10.2 Å². The van der Waals surface area contributed by atoms with Crippen molar-refractivity contribution < 1.29 is 14.5 Å². The molecule has 1 aromatic heterocycles. The van der Waals surface area contributed by atoms with E-state index in [1.54, 1.807) is 17.4 Å². The van der Waals surface area contributed by atoms with E-state index in [4.69, 9.17) is 0 Å². The highest BCUT2D eigenvalue weighted by atomic mass is 32.1. The fraction of sp³-hybridized carbons (Fsp3) is 0.368. The largest absolute Gasteiger partial charge is 0.343 e. The van der Waals surface area contributed by atoms with Gasteiger partial charge in [0.1, 0.15) is 6.54 Å². The van der Waals surface area contributed by atoms with Crippen LogP contribution in [0.25, 0.3) is 0 Å². The molecule has 0 unspecified atom stereocenters. The normalized spacial score (nSPS) is 15.2. The summed E-state index contributed by atoms with van der Waals surface area (Å²) in [6.45, 7) is 6.43. The molecule has 25 heavy (non-hydrogen) atoms. The minimum Gasteiger partial charge on any atom is -0.343 e. The van der Waals surface area contributed by atoms with Crippen molar-refractivity contribution in [3.63, 3.8) is 0 Å². The third-order valence-electron chi connectivity index (χ3n) is 4.54. The fourth-order valence-electron chi connectivity index (χ4n) is 3.09. The molecule has 0 aliphatic carbocycles. The Kier molecular flexibility index (Phi) is 5.83. The third-order valence-corrected chi connectivity index (χ3v) is 5.27. The summed E-state index contributed by atoms with van der Waals surface area (Å²) in [7, 11) is 0. The van der Waals surface area contributed by atoms with E-state index in [0.29, 0.717) is 5.56 Å². The number of benzene rings is 1. The first-order valence-electron chi connectivity index (χ1n) is 8.59. The van der Waals surface area contributed by atoms with E-state index < -0.39 is 0 Å². The molecule has 0 saturated carbocycles. The Morgan fingerprint density at radius 2 is 2.04 bits per heavy atom. The summed E-state index contributed by atoms with van der Waals surface area (Å²) in [6, 6.07) is 9.54. The van der Waals surface area contributed by atoms with Gasteiger partial charge in [0, 0.05) is 11.1 Å². The second kappa shape index (κ2) is 8.27. The molecule has 1 aliphatic heterocycles. The first-order valence-corrected chi connectivity index (χ1v) is 9.53. The van der Waals surface area contributed by atoms with E-state index in [2.05, 4.69) is 22.1 Å². The van der Waals surface area contributed by atoms with Gasteiger partial charge >= 0.3 is 0 Å². The smallest absolute Gasteiger partial charge is 0.251 e. The van der Waals surface area contributed by atoms with Gasteiger partial charge in [-0.05, 0) is 35.9 Å². The molecule has 3 rings (SSSR count). The van der Waals surface area contributed by atoms with Gasteiger partial charge in [-0.25, -0.2) is 0 Å². The van der Waals surface area contributed by atoms with Crippen molar-refractivity contribution in [3.8, 4) is 0 Å².